The fourth-order valence-corrected chi connectivity index (χ4v) is 0.964. The lowest BCUT2D eigenvalue weighted by atomic mass is 10.5. The van der Waals surface area contributed by atoms with Crippen molar-refractivity contribution in [2.24, 2.45) is 0 Å². The summed E-state index contributed by atoms with van der Waals surface area (Å²) >= 11 is 0. The number of esters is 1. The van der Waals surface area contributed by atoms with E-state index in [9.17, 15) is 9.59 Å². The van der Waals surface area contributed by atoms with Crippen LogP contribution in [0, 0.1) is 0 Å². The Kier molecular flexibility index (Phi) is 4.28. The Morgan fingerprint density at radius 1 is 1.67 bits per heavy atom. The molecule has 15 heavy (non-hydrogen) atoms. The molecule has 0 bridgehead atoms. The van der Waals surface area contributed by atoms with E-state index in [0.717, 1.165) is 0 Å². The van der Waals surface area contributed by atoms with Crippen LogP contribution in [0.5, 0.6) is 0 Å². The van der Waals surface area contributed by atoms with Gasteiger partial charge >= 0.3 is 5.97 Å². The van der Waals surface area contributed by atoms with Gasteiger partial charge in [-0.1, -0.05) is 6.08 Å². The van der Waals surface area contributed by atoms with Crippen molar-refractivity contribution in [1.82, 2.24) is 9.78 Å². The first-order valence-electron chi connectivity index (χ1n) is 4.59. The molecule has 0 atom stereocenters. The fraction of sp³-hybridized carbons (Fsp3) is 0.300. The third-order valence-electron chi connectivity index (χ3n) is 1.60. The van der Waals surface area contributed by atoms with Crippen LogP contribution in [0.15, 0.2) is 35.3 Å². The van der Waals surface area contributed by atoms with Crippen LogP contribution in [0.1, 0.15) is 6.92 Å². The smallest absolute Gasteiger partial charge is 0.330 e. The van der Waals surface area contributed by atoms with Crippen LogP contribution < -0.4 is 5.56 Å². The van der Waals surface area contributed by atoms with Crippen LogP contribution in [-0.2, 0) is 16.1 Å². The fourth-order valence-electron chi connectivity index (χ4n) is 0.964. The Labute approximate surface area is 87.0 Å². The van der Waals surface area contributed by atoms with Gasteiger partial charge in [0.25, 0.3) is 5.56 Å². The summed E-state index contributed by atoms with van der Waals surface area (Å²) in [6, 6.07) is 2.97. The van der Waals surface area contributed by atoms with Crippen molar-refractivity contribution >= 4 is 5.97 Å². The number of hydrogen-bond donors (Lipinski definition) is 0. The maximum atomic E-state index is 11.2. The molecule has 5 heteroatoms. The highest BCUT2D eigenvalue weighted by atomic mass is 16.5. The van der Waals surface area contributed by atoms with Crippen molar-refractivity contribution in [3.05, 3.63) is 40.8 Å². The maximum Gasteiger partial charge on any atom is 0.330 e. The average Bonchev–Trinajstić information content (AvgIpc) is 2.21. The van der Waals surface area contributed by atoms with Crippen LogP contribution in [0.25, 0.3) is 0 Å². The molecule has 0 N–H and O–H groups in total. The van der Waals surface area contributed by atoms with Crippen molar-refractivity contribution in [2.45, 2.75) is 13.5 Å². The molecular formula is C10H12N2O3. The first-order chi connectivity index (χ1) is 7.24. The van der Waals surface area contributed by atoms with Gasteiger partial charge in [0.2, 0.25) is 0 Å². The van der Waals surface area contributed by atoms with Crippen LogP contribution in [0.2, 0.25) is 0 Å². The van der Waals surface area contributed by atoms with Gasteiger partial charge in [0.15, 0.2) is 0 Å². The molecule has 0 aliphatic rings. The summed E-state index contributed by atoms with van der Waals surface area (Å²) in [6.07, 6.45) is 4.33. The maximum absolute atomic E-state index is 11.2. The van der Waals surface area contributed by atoms with Gasteiger partial charge in [0.05, 0.1) is 13.2 Å². The molecule has 0 amide bonds. The van der Waals surface area contributed by atoms with Gasteiger partial charge in [-0.2, -0.15) is 5.10 Å². The van der Waals surface area contributed by atoms with E-state index in [1.807, 2.05) is 0 Å². The Morgan fingerprint density at radius 2 is 2.47 bits per heavy atom. The van der Waals surface area contributed by atoms with E-state index in [-0.39, 0.29) is 12.1 Å². The average molecular weight is 208 g/mol. The Morgan fingerprint density at radius 3 is 3.13 bits per heavy atom. The Balaban J connectivity index is 2.54. The first kappa shape index (κ1) is 11.2. The van der Waals surface area contributed by atoms with Gasteiger partial charge < -0.3 is 4.74 Å². The summed E-state index contributed by atoms with van der Waals surface area (Å²) in [5.74, 6) is -0.415. The zero-order chi connectivity index (χ0) is 11.1. The highest BCUT2D eigenvalue weighted by molar-refractivity contribution is 5.81. The lowest BCUT2D eigenvalue weighted by molar-refractivity contribution is -0.137. The highest BCUT2D eigenvalue weighted by Gasteiger charge is 1.94. The molecule has 0 aromatic carbocycles. The van der Waals surface area contributed by atoms with Crippen molar-refractivity contribution in [3.63, 3.8) is 0 Å². The number of ether oxygens (including phenoxy) is 1. The molecule has 1 rings (SSSR count). The topological polar surface area (TPSA) is 61.2 Å². The van der Waals surface area contributed by atoms with Crippen LogP contribution in [0.4, 0.5) is 0 Å². The highest BCUT2D eigenvalue weighted by Crippen LogP contribution is 1.83. The minimum atomic E-state index is -0.415. The van der Waals surface area contributed by atoms with Gasteiger partial charge in [-0.3, -0.25) is 4.79 Å². The molecule has 0 unspecified atom stereocenters. The molecule has 0 aliphatic heterocycles. The lowest BCUT2D eigenvalue weighted by Crippen LogP contribution is -2.20. The predicted molar refractivity (Wildman–Crippen MR) is 54.3 cm³/mol. The quantitative estimate of drug-likeness (QED) is 0.529. The number of hydrogen-bond acceptors (Lipinski definition) is 4. The van der Waals surface area contributed by atoms with Gasteiger partial charge in [-0.05, 0) is 13.0 Å². The molecule has 0 spiro atoms. The van der Waals surface area contributed by atoms with E-state index in [4.69, 9.17) is 0 Å². The standard InChI is InChI=1S/C10H12N2O3/c1-2-15-10(14)6-4-8-12-9(13)5-3-7-11-12/h3-7H,2,8H2,1H3/b6-4+. The monoisotopic (exact) mass is 208 g/mol. The second-order valence-electron chi connectivity index (χ2n) is 2.70. The summed E-state index contributed by atoms with van der Waals surface area (Å²) in [6.45, 7) is 2.33. The number of carbonyl (C=O) groups is 1. The molecule has 1 aromatic heterocycles. The van der Waals surface area contributed by atoms with E-state index in [1.165, 1.54) is 29.1 Å². The largest absolute Gasteiger partial charge is 0.463 e. The van der Waals surface area contributed by atoms with E-state index < -0.39 is 5.97 Å². The van der Waals surface area contributed by atoms with Crippen molar-refractivity contribution in [3.8, 4) is 0 Å². The van der Waals surface area contributed by atoms with Gasteiger partial charge in [0, 0.05) is 18.3 Å². The molecule has 5 nitrogen and oxygen atoms in total. The number of aromatic nitrogens is 2. The van der Waals surface area contributed by atoms with Gasteiger partial charge in [-0.15, -0.1) is 0 Å². The predicted octanol–water partition coefficient (Wildman–Crippen LogP) is 0.363. The molecule has 80 valence electrons. The summed E-state index contributed by atoms with van der Waals surface area (Å²) in [7, 11) is 0. The zero-order valence-electron chi connectivity index (χ0n) is 8.42. The second-order valence-corrected chi connectivity index (χ2v) is 2.70. The van der Waals surface area contributed by atoms with Crippen molar-refractivity contribution < 1.29 is 9.53 Å². The molecular weight excluding hydrogens is 196 g/mol. The van der Waals surface area contributed by atoms with Crippen LogP contribution in [0.3, 0.4) is 0 Å². The Bertz CT molecular complexity index is 409. The first-order valence-corrected chi connectivity index (χ1v) is 4.59. The van der Waals surface area contributed by atoms with E-state index in [0.29, 0.717) is 6.61 Å². The normalized spacial score (nSPS) is 10.5. The van der Waals surface area contributed by atoms with E-state index in [2.05, 4.69) is 9.84 Å². The Hall–Kier alpha value is -1.91. The molecule has 1 aromatic rings. The van der Waals surface area contributed by atoms with Crippen molar-refractivity contribution in [2.75, 3.05) is 6.61 Å². The van der Waals surface area contributed by atoms with Crippen LogP contribution in [-0.4, -0.2) is 22.4 Å². The molecule has 0 saturated heterocycles. The second kappa shape index (κ2) is 5.74. The summed E-state index contributed by atoms with van der Waals surface area (Å²) in [5, 5.41) is 3.82. The van der Waals surface area contributed by atoms with Gasteiger partial charge in [0.1, 0.15) is 0 Å². The van der Waals surface area contributed by atoms with Crippen LogP contribution >= 0.6 is 0 Å². The molecule has 0 saturated carbocycles. The van der Waals surface area contributed by atoms with E-state index in [1.54, 1.807) is 13.0 Å². The number of allylic oxidation sites excluding steroid dienone is 1. The lowest BCUT2D eigenvalue weighted by Gasteiger charge is -1.98. The minimum Gasteiger partial charge on any atom is -0.463 e. The van der Waals surface area contributed by atoms with Gasteiger partial charge in [-0.25, -0.2) is 9.48 Å². The summed E-state index contributed by atoms with van der Waals surface area (Å²) in [5.41, 5.74) is -0.203. The third-order valence-corrected chi connectivity index (χ3v) is 1.60. The number of rotatable bonds is 4. The molecule has 1 heterocycles. The number of carbonyl (C=O) groups excluding carboxylic acids is 1. The zero-order valence-corrected chi connectivity index (χ0v) is 8.42. The summed E-state index contributed by atoms with van der Waals surface area (Å²) in [4.78, 5) is 22.1. The van der Waals surface area contributed by atoms with E-state index >= 15 is 0 Å². The minimum absolute atomic E-state index is 0.203. The SMILES string of the molecule is CCOC(=O)/C=C/Cn1ncccc1=O. The number of nitrogens with zero attached hydrogens (tertiary/aromatic N) is 2. The molecule has 0 radical (unpaired) electrons. The third kappa shape index (κ3) is 3.76. The van der Waals surface area contributed by atoms with Crippen molar-refractivity contribution in [1.29, 1.82) is 0 Å². The molecule has 0 aliphatic carbocycles. The summed E-state index contributed by atoms with van der Waals surface area (Å²) < 4.78 is 5.92. The molecule has 0 fully saturated rings.